The Balaban J connectivity index is 1.26. The van der Waals surface area contributed by atoms with Gasteiger partial charge in [0.05, 0.1) is 31.9 Å². The number of methoxy groups -OCH3 is 2. The summed E-state index contributed by atoms with van der Waals surface area (Å²) in [5.74, 6) is 3.39. The first-order valence-electron chi connectivity index (χ1n) is 13.4. The van der Waals surface area contributed by atoms with Crippen molar-refractivity contribution >= 4 is 28.7 Å². The Hall–Kier alpha value is -4.26. The van der Waals surface area contributed by atoms with Gasteiger partial charge in [0.15, 0.2) is 11.5 Å². The highest BCUT2D eigenvalue weighted by atomic mass is 16.5. The molecule has 1 fully saturated rings. The molecule has 4 aromatic rings. The number of nitrogens with zero attached hydrogens (tertiary/aromatic N) is 3. The lowest BCUT2D eigenvalue weighted by molar-refractivity contribution is -0.117. The van der Waals surface area contributed by atoms with Crippen LogP contribution in [-0.4, -0.2) is 42.8 Å². The summed E-state index contributed by atoms with van der Waals surface area (Å²) in [6.07, 6.45) is 6.29. The number of aromatic nitrogens is 2. The van der Waals surface area contributed by atoms with Crippen molar-refractivity contribution in [1.82, 2.24) is 9.55 Å². The summed E-state index contributed by atoms with van der Waals surface area (Å²) in [6.45, 7) is 4.01. The zero-order chi connectivity index (χ0) is 27.2. The second-order valence-electron chi connectivity index (χ2n) is 9.68. The van der Waals surface area contributed by atoms with Gasteiger partial charge in [-0.3, -0.25) is 4.79 Å². The van der Waals surface area contributed by atoms with E-state index in [0.717, 1.165) is 64.7 Å². The average Bonchev–Trinajstić information content (AvgIpc) is 3.54. The lowest BCUT2D eigenvalue weighted by atomic mass is 10.1. The zero-order valence-electron chi connectivity index (χ0n) is 22.8. The number of anilines is 1. The van der Waals surface area contributed by atoms with Crippen molar-refractivity contribution in [2.45, 2.75) is 38.6 Å². The van der Waals surface area contributed by atoms with Crippen LogP contribution < -0.4 is 19.1 Å². The smallest absolute Gasteiger partial charge is 0.227 e. The van der Waals surface area contributed by atoms with E-state index in [1.54, 1.807) is 14.2 Å². The molecular formula is C32H35N3O4. The van der Waals surface area contributed by atoms with Crippen molar-refractivity contribution in [3.05, 3.63) is 84.2 Å². The first kappa shape index (κ1) is 26.4. The summed E-state index contributed by atoms with van der Waals surface area (Å²) in [4.78, 5) is 19.9. The number of para-hydroxylation sites is 2. The van der Waals surface area contributed by atoms with Gasteiger partial charge in [-0.05, 0) is 73.9 Å². The summed E-state index contributed by atoms with van der Waals surface area (Å²) < 4.78 is 19.1. The molecule has 1 amide bonds. The molecule has 1 unspecified atom stereocenters. The molecule has 39 heavy (non-hydrogen) atoms. The number of rotatable bonds is 11. The highest BCUT2D eigenvalue weighted by Gasteiger charge is 2.34. The number of unbranched alkanes of at least 4 members (excludes halogenated alkanes) is 1. The average molecular weight is 526 g/mol. The van der Waals surface area contributed by atoms with Gasteiger partial charge in [-0.15, -0.1) is 0 Å². The molecule has 1 aliphatic rings. The van der Waals surface area contributed by atoms with Gasteiger partial charge in [0.2, 0.25) is 5.91 Å². The Bertz CT molecular complexity index is 1460. The van der Waals surface area contributed by atoms with Crippen LogP contribution in [0.2, 0.25) is 0 Å². The molecule has 1 saturated heterocycles. The van der Waals surface area contributed by atoms with Gasteiger partial charge >= 0.3 is 0 Å². The fourth-order valence-electron chi connectivity index (χ4n) is 5.19. The van der Waals surface area contributed by atoms with Gasteiger partial charge in [0.1, 0.15) is 11.6 Å². The summed E-state index contributed by atoms with van der Waals surface area (Å²) in [5, 5.41) is 0. The van der Waals surface area contributed by atoms with Gasteiger partial charge in [-0.2, -0.15) is 0 Å². The van der Waals surface area contributed by atoms with E-state index in [0.29, 0.717) is 19.6 Å². The maximum Gasteiger partial charge on any atom is 0.227 e. The van der Waals surface area contributed by atoms with Crippen LogP contribution >= 0.6 is 0 Å². The fraction of sp³-hybridized carbons (Fsp3) is 0.312. The highest BCUT2D eigenvalue weighted by Crippen LogP contribution is 2.34. The van der Waals surface area contributed by atoms with E-state index in [1.165, 1.54) is 0 Å². The van der Waals surface area contributed by atoms with E-state index < -0.39 is 0 Å². The maximum absolute atomic E-state index is 13.0. The number of benzene rings is 3. The van der Waals surface area contributed by atoms with Crippen molar-refractivity contribution in [3.8, 4) is 17.2 Å². The minimum atomic E-state index is 0.0307. The van der Waals surface area contributed by atoms with Crippen LogP contribution in [0.25, 0.3) is 17.1 Å². The third-order valence-electron chi connectivity index (χ3n) is 7.14. The van der Waals surface area contributed by atoms with Crippen LogP contribution in [0.15, 0.2) is 72.8 Å². The van der Waals surface area contributed by atoms with Gasteiger partial charge in [-0.25, -0.2) is 4.98 Å². The number of aryl methyl sites for hydroxylation is 1. The Kier molecular flexibility index (Phi) is 8.16. The summed E-state index contributed by atoms with van der Waals surface area (Å²) in [7, 11) is 3.30. The van der Waals surface area contributed by atoms with E-state index in [-0.39, 0.29) is 11.8 Å². The fourth-order valence-corrected chi connectivity index (χ4v) is 5.19. The predicted molar refractivity (Wildman–Crippen MR) is 155 cm³/mol. The van der Waals surface area contributed by atoms with E-state index in [1.807, 2.05) is 84.6 Å². The number of hydrogen-bond donors (Lipinski definition) is 0. The number of carbonyl (C=O) groups excluding carboxylic acids is 1. The molecule has 0 saturated carbocycles. The van der Waals surface area contributed by atoms with Crippen LogP contribution in [0, 0.1) is 0 Å². The van der Waals surface area contributed by atoms with E-state index in [9.17, 15) is 4.79 Å². The van der Waals surface area contributed by atoms with Crippen LogP contribution in [0.1, 0.15) is 43.5 Å². The normalized spacial score (nSPS) is 15.4. The molecule has 3 aromatic carbocycles. The minimum Gasteiger partial charge on any atom is -0.497 e. The first-order chi connectivity index (χ1) is 19.1. The Labute approximate surface area is 229 Å². The number of allylic oxidation sites excluding steroid dienone is 1. The zero-order valence-corrected chi connectivity index (χ0v) is 22.8. The van der Waals surface area contributed by atoms with Gasteiger partial charge in [0, 0.05) is 31.1 Å². The van der Waals surface area contributed by atoms with Gasteiger partial charge in [-0.1, -0.05) is 30.4 Å². The summed E-state index contributed by atoms with van der Waals surface area (Å²) >= 11 is 0. The largest absolute Gasteiger partial charge is 0.497 e. The highest BCUT2D eigenvalue weighted by molar-refractivity contribution is 5.96. The van der Waals surface area contributed by atoms with Crippen molar-refractivity contribution in [2.24, 2.45) is 0 Å². The molecule has 0 spiro atoms. The van der Waals surface area contributed by atoms with Crippen LogP contribution in [0.5, 0.6) is 17.2 Å². The summed E-state index contributed by atoms with van der Waals surface area (Å²) in [6, 6.07) is 21.8. The minimum absolute atomic E-state index is 0.0307. The van der Waals surface area contributed by atoms with E-state index >= 15 is 0 Å². The van der Waals surface area contributed by atoms with E-state index in [2.05, 4.69) is 10.6 Å². The topological polar surface area (TPSA) is 65.8 Å². The first-order valence-corrected chi connectivity index (χ1v) is 13.4. The lowest BCUT2D eigenvalue weighted by Gasteiger charge is -2.18. The molecule has 1 aromatic heterocycles. The molecule has 5 rings (SSSR count). The van der Waals surface area contributed by atoms with Crippen LogP contribution in [-0.2, 0) is 11.3 Å². The number of imidazole rings is 1. The molecule has 0 N–H and O–H groups in total. The molecule has 1 atom stereocenters. The van der Waals surface area contributed by atoms with E-state index in [4.69, 9.17) is 19.2 Å². The maximum atomic E-state index is 13.0. The molecule has 0 bridgehead atoms. The molecule has 1 aliphatic heterocycles. The number of amides is 1. The van der Waals surface area contributed by atoms with Crippen molar-refractivity contribution in [1.29, 1.82) is 0 Å². The second-order valence-corrected chi connectivity index (χ2v) is 9.68. The summed E-state index contributed by atoms with van der Waals surface area (Å²) in [5.41, 5.74) is 4.03. The van der Waals surface area contributed by atoms with Crippen molar-refractivity contribution in [2.75, 3.05) is 32.3 Å². The molecule has 7 nitrogen and oxygen atoms in total. The predicted octanol–water partition coefficient (Wildman–Crippen LogP) is 6.47. The quantitative estimate of drug-likeness (QED) is 0.210. The van der Waals surface area contributed by atoms with Crippen molar-refractivity contribution < 1.29 is 19.0 Å². The number of hydrogen-bond acceptors (Lipinski definition) is 5. The molecular weight excluding hydrogens is 490 g/mol. The molecule has 2 heterocycles. The molecule has 0 radical (unpaired) electrons. The van der Waals surface area contributed by atoms with Gasteiger partial charge in [0.25, 0.3) is 0 Å². The standard InChI is InChI=1S/C32H35N3O4/c1-4-9-23-12-17-29(30(20-23)38-3)39-19-8-7-18-34-28-11-6-5-10-27(28)33-32(34)24-21-31(36)35(22-24)25-13-15-26(37-2)16-14-25/h4-6,9-17,20,24H,7-8,18-19,21-22H2,1-3H3/b9-4+. The van der Waals surface area contributed by atoms with Gasteiger partial charge < -0.3 is 23.7 Å². The van der Waals surface area contributed by atoms with Crippen LogP contribution in [0.4, 0.5) is 5.69 Å². The number of fused-ring (bicyclic) bond motifs is 1. The third-order valence-corrected chi connectivity index (χ3v) is 7.14. The Morgan fingerprint density at radius 3 is 2.56 bits per heavy atom. The monoisotopic (exact) mass is 525 g/mol. The molecule has 202 valence electrons. The van der Waals surface area contributed by atoms with Crippen molar-refractivity contribution in [3.63, 3.8) is 0 Å². The SMILES string of the molecule is C/C=C/c1ccc(OCCCCn2c(C3CC(=O)N(c4ccc(OC)cc4)C3)nc3ccccc32)c(OC)c1. The third kappa shape index (κ3) is 5.77. The number of ether oxygens (including phenoxy) is 3. The second kappa shape index (κ2) is 12.1. The Morgan fingerprint density at radius 2 is 1.79 bits per heavy atom. The molecule has 0 aliphatic carbocycles. The Morgan fingerprint density at radius 1 is 0.974 bits per heavy atom. The number of carbonyl (C=O) groups is 1. The van der Waals surface area contributed by atoms with Crippen LogP contribution in [0.3, 0.4) is 0 Å². The lowest BCUT2D eigenvalue weighted by Crippen LogP contribution is -2.24. The molecule has 7 heteroatoms.